The fourth-order valence-electron chi connectivity index (χ4n) is 3.22. The second-order valence-electron chi connectivity index (χ2n) is 5.63. The van der Waals surface area contributed by atoms with Gasteiger partial charge in [0.25, 0.3) is 0 Å². The molecule has 0 spiro atoms. The minimum atomic E-state index is 0.285. The zero-order valence-electron chi connectivity index (χ0n) is 12.7. The van der Waals surface area contributed by atoms with Crippen LogP contribution in [-0.2, 0) is 17.6 Å². The van der Waals surface area contributed by atoms with Gasteiger partial charge in [0.15, 0.2) is 5.78 Å². The van der Waals surface area contributed by atoms with Gasteiger partial charge in [-0.1, -0.05) is 18.2 Å². The average molecular weight is 283 g/mol. The van der Waals surface area contributed by atoms with E-state index >= 15 is 0 Å². The Morgan fingerprint density at radius 1 is 1.24 bits per heavy atom. The summed E-state index contributed by atoms with van der Waals surface area (Å²) in [6.45, 7) is 2.79. The molecule has 3 nitrogen and oxygen atoms in total. The third kappa shape index (κ3) is 2.54. The van der Waals surface area contributed by atoms with Crippen LogP contribution < -0.4 is 0 Å². The van der Waals surface area contributed by atoms with Crippen molar-refractivity contribution in [1.82, 2.24) is 4.57 Å². The number of methoxy groups -OCH3 is 1. The van der Waals surface area contributed by atoms with Crippen LogP contribution in [0.1, 0.15) is 40.2 Å². The number of rotatable bonds is 4. The lowest BCUT2D eigenvalue weighted by Crippen LogP contribution is -2.14. The van der Waals surface area contributed by atoms with Gasteiger partial charge in [0.2, 0.25) is 0 Å². The van der Waals surface area contributed by atoms with Gasteiger partial charge in [-0.3, -0.25) is 4.79 Å². The van der Waals surface area contributed by atoms with Crippen molar-refractivity contribution in [3.05, 3.63) is 52.8 Å². The lowest BCUT2D eigenvalue weighted by molar-refractivity contribution is 0.0972. The summed E-state index contributed by atoms with van der Waals surface area (Å²) in [7, 11) is 1.73. The third-order valence-corrected chi connectivity index (χ3v) is 4.21. The van der Waals surface area contributed by atoms with E-state index in [4.69, 9.17) is 4.74 Å². The molecule has 2 aromatic rings. The number of aryl methyl sites for hydroxylation is 1. The number of hydrogen-bond donors (Lipinski definition) is 0. The van der Waals surface area contributed by atoms with Crippen molar-refractivity contribution in [3.63, 3.8) is 0 Å². The molecule has 21 heavy (non-hydrogen) atoms. The molecule has 0 amide bonds. The zero-order chi connectivity index (χ0) is 14.8. The van der Waals surface area contributed by atoms with Crippen molar-refractivity contribution in [2.75, 3.05) is 13.7 Å². The van der Waals surface area contributed by atoms with Crippen molar-refractivity contribution in [2.24, 2.45) is 0 Å². The van der Waals surface area contributed by atoms with Gasteiger partial charge in [0.05, 0.1) is 6.61 Å². The standard InChI is InChI=1S/C18H21NO2/c1-13-12-15-17(8-5-9-18(15)20)19(13)16-7-4-3-6-14(16)10-11-21-2/h3-4,6-7,12H,5,8-11H2,1-2H3. The summed E-state index contributed by atoms with van der Waals surface area (Å²) < 4.78 is 7.48. The molecule has 0 fully saturated rings. The Hall–Kier alpha value is -1.87. The van der Waals surface area contributed by atoms with E-state index < -0.39 is 0 Å². The Kier molecular flexibility index (Phi) is 3.93. The van der Waals surface area contributed by atoms with Crippen LogP contribution in [0.5, 0.6) is 0 Å². The summed E-state index contributed by atoms with van der Waals surface area (Å²) in [6.07, 6.45) is 3.50. The van der Waals surface area contributed by atoms with Crippen molar-refractivity contribution in [3.8, 4) is 5.69 Å². The van der Waals surface area contributed by atoms with Gasteiger partial charge in [0, 0.05) is 36.2 Å². The Labute approximate surface area is 125 Å². The van der Waals surface area contributed by atoms with Crippen LogP contribution in [-0.4, -0.2) is 24.1 Å². The van der Waals surface area contributed by atoms with Gasteiger partial charge in [-0.05, 0) is 43.9 Å². The average Bonchev–Trinajstić information content (AvgIpc) is 2.83. The predicted molar refractivity (Wildman–Crippen MR) is 83.4 cm³/mol. The second kappa shape index (κ2) is 5.86. The molecule has 3 rings (SSSR count). The fraction of sp³-hybridized carbons (Fsp3) is 0.389. The molecule has 1 aromatic heterocycles. The van der Waals surface area contributed by atoms with E-state index in [1.165, 1.54) is 16.9 Å². The minimum Gasteiger partial charge on any atom is -0.384 e. The quantitative estimate of drug-likeness (QED) is 0.860. The molecule has 0 atom stereocenters. The van der Waals surface area contributed by atoms with E-state index in [0.29, 0.717) is 13.0 Å². The van der Waals surface area contributed by atoms with Crippen LogP contribution in [0.2, 0.25) is 0 Å². The van der Waals surface area contributed by atoms with Crippen molar-refractivity contribution >= 4 is 5.78 Å². The molecule has 0 saturated heterocycles. The predicted octanol–water partition coefficient (Wildman–Crippen LogP) is 3.49. The van der Waals surface area contributed by atoms with Gasteiger partial charge < -0.3 is 9.30 Å². The number of ketones is 1. The highest BCUT2D eigenvalue weighted by Gasteiger charge is 2.23. The number of carbonyl (C=O) groups is 1. The van der Waals surface area contributed by atoms with Crippen LogP contribution in [0.25, 0.3) is 5.69 Å². The first-order valence-corrected chi connectivity index (χ1v) is 7.54. The van der Waals surface area contributed by atoms with Crippen LogP contribution in [0.15, 0.2) is 30.3 Å². The minimum absolute atomic E-state index is 0.285. The smallest absolute Gasteiger partial charge is 0.164 e. The Balaban J connectivity index is 2.11. The van der Waals surface area contributed by atoms with Crippen LogP contribution in [0, 0.1) is 6.92 Å². The summed E-state index contributed by atoms with van der Waals surface area (Å²) in [6, 6.07) is 10.4. The molecule has 0 bridgehead atoms. The Morgan fingerprint density at radius 2 is 2.05 bits per heavy atom. The molecule has 1 aliphatic rings. The van der Waals surface area contributed by atoms with E-state index in [-0.39, 0.29) is 5.78 Å². The van der Waals surface area contributed by atoms with Crippen LogP contribution in [0.3, 0.4) is 0 Å². The maximum Gasteiger partial charge on any atom is 0.164 e. The molecule has 0 N–H and O–H groups in total. The number of benzene rings is 1. The highest BCUT2D eigenvalue weighted by atomic mass is 16.5. The zero-order valence-corrected chi connectivity index (χ0v) is 12.7. The topological polar surface area (TPSA) is 31.2 Å². The van der Waals surface area contributed by atoms with E-state index in [0.717, 1.165) is 30.5 Å². The first-order chi connectivity index (χ1) is 10.2. The number of hydrogen-bond acceptors (Lipinski definition) is 2. The number of ether oxygens (including phenoxy) is 1. The second-order valence-corrected chi connectivity index (χ2v) is 5.63. The first kappa shape index (κ1) is 14.1. The highest BCUT2D eigenvalue weighted by molar-refractivity contribution is 5.98. The van der Waals surface area contributed by atoms with Crippen molar-refractivity contribution in [2.45, 2.75) is 32.6 Å². The number of Topliss-reactive ketones (excluding diaryl/α,β-unsaturated/α-hetero) is 1. The molecule has 0 radical (unpaired) electrons. The maximum absolute atomic E-state index is 12.1. The summed E-state index contributed by atoms with van der Waals surface area (Å²) in [5.74, 6) is 0.285. The fourth-order valence-corrected chi connectivity index (χ4v) is 3.22. The summed E-state index contributed by atoms with van der Waals surface area (Å²) in [4.78, 5) is 12.1. The van der Waals surface area contributed by atoms with E-state index in [1.807, 2.05) is 6.07 Å². The molecule has 1 aliphatic carbocycles. The summed E-state index contributed by atoms with van der Waals surface area (Å²) in [5.41, 5.74) is 5.68. The Bertz CT molecular complexity index is 670. The van der Waals surface area contributed by atoms with Gasteiger partial charge in [-0.15, -0.1) is 0 Å². The molecule has 1 aromatic carbocycles. The maximum atomic E-state index is 12.1. The Morgan fingerprint density at radius 3 is 2.86 bits per heavy atom. The number of para-hydroxylation sites is 1. The monoisotopic (exact) mass is 283 g/mol. The van der Waals surface area contributed by atoms with Crippen LogP contribution >= 0.6 is 0 Å². The SMILES string of the molecule is COCCc1ccccc1-n1c(C)cc2c1CCCC2=O. The number of carbonyl (C=O) groups excluding carboxylic acids is 1. The molecule has 110 valence electrons. The van der Waals surface area contributed by atoms with Gasteiger partial charge in [0.1, 0.15) is 0 Å². The van der Waals surface area contributed by atoms with E-state index in [2.05, 4.69) is 35.8 Å². The van der Waals surface area contributed by atoms with E-state index in [1.54, 1.807) is 7.11 Å². The first-order valence-electron chi connectivity index (χ1n) is 7.54. The van der Waals surface area contributed by atoms with Crippen molar-refractivity contribution in [1.29, 1.82) is 0 Å². The summed E-state index contributed by atoms with van der Waals surface area (Å²) in [5, 5.41) is 0. The number of nitrogens with zero attached hydrogens (tertiary/aromatic N) is 1. The lowest BCUT2D eigenvalue weighted by atomic mass is 9.96. The van der Waals surface area contributed by atoms with E-state index in [9.17, 15) is 4.79 Å². The van der Waals surface area contributed by atoms with Crippen molar-refractivity contribution < 1.29 is 9.53 Å². The van der Waals surface area contributed by atoms with Gasteiger partial charge >= 0.3 is 0 Å². The third-order valence-electron chi connectivity index (χ3n) is 4.21. The molecule has 0 unspecified atom stereocenters. The largest absolute Gasteiger partial charge is 0.384 e. The molecule has 3 heteroatoms. The van der Waals surface area contributed by atoms with Crippen LogP contribution in [0.4, 0.5) is 0 Å². The molecule has 1 heterocycles. The molecule has 0 saturated carbocycles. The highest BCUT2D eigenvalue weighted by Crippen LogP contribution is 2.29. The van der Waals surface area contributed by atoms with Gasteiger partial charge in [-0.25, -0.2) is 0 Å². The molecular weight excluding hydrogens is 262 g/mol. The van der Waals surface area contributed by atoms with Gasteiger partial charge in [-0.2, -0.15) is 0 Å². The molecule has 0 aliphatic heterocycles. The number of fused-ring (bicyclic) bond motifs is 1. The normalized spacial score (nSPS) is 14.3. The summed E-state index contributed by atoms with van der Waals surface area (Å²) >= 11 is 0. The molecular formula is C18H21NO2. The number of aromatic nitrogens is 1. The lowest BCUT2D eigenvalue weighted by Gasteiger charge is -2.18.